The maximum atomic E-state index is 12.6. The first-order chi connectivity index (χ1) is 16.5. The lowest BCUT2D eigenvalue weighted by molar-refractivity contribution is -0.149. The number of carboxylic acid groups (broad SMARTS) is 1. The Bertz CT molecular complexity index is 1010. The van der Waals surface area contributed by atoms with E-state index in [1.54, 1.807) is 0 Å². The Morgan fingerprint density at radius 1 is 1.06 bits per heavy atom. The second-order valence-electron chi connectivity index (χ2n) is 8.36. The molecule has 1 aliphatic carbocycles. The summed E-state index contributed by atoms with van der Waals surface area (Å²) in [6.45, 7) is 0.667. The molecule has 4 rings (SSSR count). The highest BCUT2D eigenvalue weighted by molar-refractivity contribution is 5.81. The van der Waals surface area contributed by atoms with Crippen LogP contribution >= 0.6 is 0 Å². The number of amides is 2. The number of nitrogens with one attached hydrogen (secondary N) is 2. The fourth-order valence-electron chi connectivity index (χ4n) is 4.55. The van der Waals surface area contributed by atoms with Crippen LogP contribution in [0, 0.1) is 5.92 Å². The third-order valence-electron chi connectivity index (χ3n) is 6.33. The highest BCUT2D eigenvalue weighted by atomic mass is 16.5. The van der Waals surface area contributed by atoms with Gasteiger partial charge in [-0.05, 0) is 22.3 Å². The van der Waals surface area contributed by atoms with Crippen molar-refractivity contribution < 1.29 is 33.7 Å². The number of carboxylic acids is 1. The lowest BCUT2D eigenvalue weighted by atomic mass is 9.98. The van der Waals surface area contributed by atoms with E-state index in [0.717, 1.165) is 22.3 Å². The largest absolute Gasteiger partial charge is 0.479 e. The second-order valence-corrected chi connectivity index (χ2v) is 8.36. The number of carbonyl (C=O) groups is 3. The van der Waals surface area contributed by atoms with E-state index in [1.807, 2.05) is 36.4 Å². The monoisotopic (exact) mass is 468 g/mol. The van der Waals surface area contributed by atoms with Gasteiger partial charge in [0.05, 0.1) is 25.2 Å². The van der Waals surface area contributed by atoms with Crippen molar-refractivity contribution in [3.05, 3.63) is 59.7 Å². The van der Waals surface area contributed by atoms with E-state index in [-0.39, 0.29) is 44.6 Å². The molecule has 3 N–H and O–H groups in total. The van der Waals surface area contributed by atoms with Crippen molar-refractivity contribution in [2.24, 2.45) is 5.92 Å². The molecule has 3 atom stereocenters. The van der Waals surface area contributed by atoms with Gasteiger partial charge in [-0.2, -0.15) is 0 Å². The lowest BCUT2D eigenvalue weighted by Crippen LogP contribution is -2.47. The van der Waals surface area contributed by atoms with Crippen LogP contribution in [0.1, 0.15) is 23.5 Å². The molecular weight excluding hydrogens is 440 g/mol. The molecule has 0 saturated carbocycles. The first-order valence-corrected chi connectivity index (χ1v) is 11.2. The zero-order chi connectivity index (χ0) is 24.1. The van der Waals surface area contributed by atoms with Crippen LogP contribution < -0.4 is 10.6 Å². The number of rotatable bonds is 9. The highest BCUT2D eigenvalue weighted by Gasteiger charge is 2.36. The Morgan fingerprint density at radius 2 is 1.71 bits per heavy atom. The fraction of sp³-hybridized carbons (Fsp3) is 0.400. The molecule has 1 saturated heterocycles. The number of carbonyl (C=O) groups excluding carboxylic acids is 2. The first-order valence-electron chi connectivity index (χ1n) is 11.2. The van der Waals surface area contributed by atoms with Gasteiger partial charge in [0.25, 0.3) is 0 Å². The number of fused-ring (bicyclic) bond motifs is 3. The number of benzene rings is 2. The minimum atomic E-state index is -1.09. The molecule has 180 valence electrons. The van der Waals surface area contributed by atoms with Crippen LogP contribution in [0.5, 0.6) is 0 Å². The normalized spacial score (nSPS) is 19.7. The van der Waals surface area contributed by atoms with Gasteiger partial charge >= 0.3 is 12.1 Å². The Morgan fingerprint density at radius 3 is 2.32 bits per heavy atom. The SMILES string of the molecule is COC(CCNC(=O)C1COCC1NC(=O)OCC1c2ccccc2-c2ccccc21)C(=O)O. The number of ether oxygens (including phenoxy) is 3. The fourth-order valence-corrected chi connectivity index (χ4v) is 4.55. The zero-order valence-corrected chi connectivity index (χ0v) is 18.9. The van der Waals surface area contributed by atoms with Gasteiger partial charge < -0.3 is 30.0 Å². The molecule has 1 aliphatic heterocycles. The van der Waals surface area contributed by atoms with Gasteiger partial charge in [-0.1, -0.05) is 48.5 Å². The van der Waals surface area contributed by atoms with E-state index in [1.165, 1.54) is 7.11 Å². The van der Waals surface area contributed by atoms with Crippen LogP contribution in [-0.4, -0.2) is 68.7 Å². The molecule has 9 heteroatoms. The summed E-state index contributed by atoms with van der Waals surface area (Å²) >= 11 is 0. The Hall–Kier alpha value is -3.43. The van der Waals surface area contributed by atoms with E-state index >= 15 is 0 Å². The lowest BCUT2D eigenvalue weighted by Gasteiger charge is -2.20. The van der Waals surface area contributed by atoms with E-state index in [2.05, 4.69) is 22.8 Å². The van der Waals surface area contributed by atoms with Crippen molar-refractivity contribution in [3.8, 4) is 11.1 Å². The van der Waals surface area contributed by atoms with E-state index < -0.39 is 30.1 Å². The molecule has 9 nitrogen and oxygen atoms in total. The van der Waals surface area contributed by atoms with Gasteiger partial charge in [-0.3, -0.25) is 4.79 Å². The summed E-state index contributed by atoms with van der Waals surface area (Å²) in [5.41, 5.74) is 4.53. The van der Waals surface area contributed by atoms with E-state index in [9.17, 15) is 14.4 Å². The summed E-state index contributed by atoms with van der Waals surface area (Å²) in [5.74, 6) is -2.05. The van der Waals surface area contributed by atoms with Gasteiger partial charge in [0.1, 0.15) is 6.61 Å². The molecule has 2 amide bonds. The molecule has 2 aliphatic rings. The Balaban J connectivity index is 1.30. The van der Waals surface area contributed by atoms with Crippen molar-refractivity contribution in [1.82, 2.24) is 10.6 Å². The summed E-state index contributed by atoms with van der Waals surface area (Å²) in [5, 5.41) is 14.4. The second kappa shape index (κ2) is 10.7. The van der Waals surface area contributed by atoms with Crippen LogP contribution in [-0.2, 0) is 23.8 Å². The van der Waals surface area contributed by atoms with Gasteiger partial charge in [-0.15, -0.1) is 0 Å². The summed E-state index contributed by atoms with van der Waals surface area (Å²) in [4.78, 5) is 36.1. The van der Waals surface area contributed by atoms with E-state index in [4.69, 9.17) is 19.3 Å². The molecule has 0 radical (unpaired) electrons. The maximum absolute atomic E-state index is 12.6. The van der Waals surface area contributed by atoms with Crippen LogP contribution in [0.2, 0.25) is 0 Å². The smallest absolute Gasteiger partial charge is 0.407 e. The molecule has 34 heavy (non-hydrogen) atoms. The summed E-state index contributed by atoms with van der Waals surface area (Å²) < 4.78 is 15.8. The predicted molar refractivity (Wildman–Crippen MR) is 122 cm³/mol. The maximum Gasteiger partial charge on any atom is 0.407 e. The first kappa shape index (κ1) is 23.7. The third kappa shape index (κ3) is 5.05. The van der Waals surface area contributed by atoms with Crippen molar-refractivity contribution >= 4 is 18.0 Å². The van der Waals surface area contributed by atoms with Crippen LogP contribution in [0.4, 0.5) is 4.79 Å². The van der Waals surface area contributed by atoms with Crippen molar-refractivity contribution in [3.63, 3.8) is 0 Å². The predicted octanol–water partition coefficient (Wildman–Crippen LogP) is 2.15. The molecular formula is C25H28N2O7. The van der Waals surface area contributed by atoms with Gasteiger partial charge in [0.15, 0.2) is 6.10 Å². The number of aliphatic carboxylic acids is 1. The van der Waals surface area contributed by atoms with Gasteiger partial charge in [-0.25, -0.2) is 9.59 Å². The van der Waals surface area contributed by atoms with Crippen molar-refractivity contribution in [2.75, 3.05) is 33.5 Å². The molecule has 2 aromatic carbocycles. The Labute approximate surface area is 197 Å². The topological polar surface area (TPSA) is 123 Å². The zero-order valence-electron chi connectivity index (χ0n) is 18.9. The Kier molecular flexibility index (Phi) is 7.44. The van der Waals surface area contributed by atoms with Crippen LogP contribution in [0.3, 0.4) is 0 Å². The third-order valence-corrected chi connectivity index (χ3v) is 6.33. The summed E-state index contributed by atoms with van der Waals surface area (Å²) in [6, 6.07) is 15.6. The number of alkyl carbamates (subject to hydrolysis) is 1. The molecule has 1 fully saturated rings. The minimum Gasteiger partial charge on any atom is -0.479 e. The van der Waals surface area contributed by atoms with E-state index in [0.29, 0.717) is 0 Å². The standard InChI is InChI=1S/C25H28N2O7/c1-32-22(24(29)30)10-11-26-23(28)20-12-33-14-21(20)27-25(31)34-13-19-17-8-4-2-6-15(17)16-7-3-5-9-18(16)19/h2-9,19-22H,10-14H2,1H3,(H,26,28)(H,27,31)(H,29,30). The number of hydrogen-bond acceptors (Lipinski definition) is 6. The molecule has 1 heterocycles. The van der Waals surface area contributed by atoms with Crippen LogP contribution in [0.15, 0.2) is 48.5 Å². The summed E-state index contributed by atoms with van der Waals surface area (Å²) in [6.07, 6.45) is -1.47. The quantitative estimate of drug-likeness (QED) is 0.515. The average molecular weight is 469 g/mol. The average Bonchev–Trinajstić information content (AvgIpc) is 3.42. The van der Waals surface area contributed by atoms with Gasteiger partial charge in [0.2, 0.25) is 5.91 Å². The minimum absolute atomic E-state index is 0.0555. The number of hydrogen-bond donors (Lipinski definition) is 3. The molecule has 0 bridgehead atoms. The molecule has 0 aromatic heterocycles. The van der Waals surface area contributed by atoms with Crippen molar-refractivity contribution in [2.45, 2.75) is 24.5 Å². The van der Waals surface area contributed by atoms with Crippen LogP contribution in [0.25, 0.3) is 11.1 Å². The molecule has 0 spiro atoms. The molecule has 3 unspecified atom stereocenters. The van der Waals surface area contributed by atoms with Crippen molar-refractivity contribution in [1.29, 1.82) is 0 Å². The molecule has 2 aromatic rings. The highest BCUT2D eigenvalue weighted by Crippen LogP contribution is 2.44. The summed E-state index contributed by atoms with van der Waals surface area (Å²) in [7, 11) is 1.31. The number of methoxy groups -OCH3 is 1. The van der Waals surface area contributed by atoms with Gasteiger partial charge in [0, 0.05) is 26.0 Å².